The molecule has 0 unspecified atom stereocenters. The van der Waals surface area contributed by atoms with E-state index in [1.54, 1.807) is 0 Å². The van der Waals surface area contributed by atoms with Gasteiger partial charge in [-0.3, -0.25) is 0 Å². The third-order valence-electron chi connectivity index (χ3n) is 6.73. The minimum Gasteiger partial charge on any atom is -0.455 e. The summed E-state index contributed by atoms with van der Waals surface area (Å²) in [5, 5.41) is 7.88. The van der Waals surface area contributed by atoms with Crippen LogP contribution in [-0.2, 0) is 0 Å². The second kappa shape index (κ2) is 7.48. The molecule has 0 bridgehead atoms. The van der Waals surface area contributed by atoms with Gasteiger partial charge in [-0.1, -0.05) is 103 Å². The molecule has 0 radical (unpaired) electrons. The number of hydrogen-bond acceptors (Lipinski definition) is 1. The van der Waals surface area contributed by atoms with E-state index in [4.69, 9.17) is 16.0 Å². The highest BCUT2D eigenvalue weighted by Crippen LogP contribution is 2.43. The minimum absolute atomic E-state index is 0.716. The second-order valence-corrected chi connectivity index (χ2v) is 9.10. The SMILES string of the molecule is Clc1ccc(-c2cccc3c2oc2ccccc23)c(-c2cc3ccccc3c3ccccc23)c1. The summed E-state index contributed by atoms with van der Waals surface area (Å²) in [6.07, 6.45) is 0. The molecule has 1 heterocycles. The Labute approximate surface area is 201 Å². The van der Waals surface area contributed by atoms with Crippen LogP contribution in [0.4, 0.5) is 0 Å². The second-order valence-electron chi connectivity index (χ2n) is 8.66. The van der Waals surface area contributed by atoms with Crippen LogP contribution in [0.3, 0.4) is 0 Å². The maximum atomic E-state index is 6.58. The van der Waals surface area contributed by atoms with E-state index in [0.717, 1.165) is 38.6 Å². The number of benzene rings is 6. The van der Waals surface area contributed by atoms with Gasteiger partial charge in [-0.25, -0.2) is 0 Å². The standard InChI is InChI=1S/C32H19ClO/c33-21-16-17-25(27-13-7-14-28-26-12-5-6-15-31(26)34-32(27)28)30(19-21)29-18-20-8-1-2-9-22(20)23-10-3-4-11-24(23)29/h1-19H. The van der Waals surface area contributed by atoms with Crippen molar-refractivity contribution in [2.75, 3.05) is 0 Å². The molecule has 0 aliphatic carbocycles. The van der Waals surface area contributed by atoms with Crippen molar-refractivity contribution in [2.24, 2.45) is 0 Å². The fraction of sp³-hybridized carbons (Fsp3) is 0. The number of furan rings is 1. The molecule has 1 aromatic heterocycles. The van der Waals surface area contributed by atoms with Gasteiger partial charge < -0.3 is 4.42 Å². The Kier molecular flexibility index (Phi) is 4.27. The van der Waals surface area contributed by atoms with E-state index in [9.17, 15) is 0 Å². The first-order valence-electron chi connectivity index (χ1n) is 11.4. The normalized spacial score (nSPS) is 11.7. The molecule has 0 amide bonds. The number of halogens is 1. The van der Waals surface area contributed by atoms with E-state index < -0.39 is 0 Å². The summed E-state index contributed by atoms with van der Waals surface area (Å²) in [6, 6.07) is 40.2. The maximum absolute atomic E-state index is 6.58. The average Bonchev–Trinajstić information content (AvgIpc) is 3.27. The number of rotatable bonds is 2. The summed E-state index contributed by atoms with van der Waals surface area (Å²) in [6.45, 7) is 0. The highest BCUT2D eigenvalue weighted by atomic mass is 35.5. The van der Waals surface area contributed by atoms with Gasteiger partial charge >= 0.3 is 0 Å². The van der Waals surface area contributed by atoms with Gasteiger partial charge in [0.2, 0.25) is 0 Å². The third-order valence-corrected chi connectivity index (χ3v) is 6.97. The first-order valence-corrected chi connectivity index (χ1v) is 11.8. The molecule has 0 aliphatic rings. The molecule has 0 spiro atoms. The lowest BCUT2D eigenvalue weighted by atomic mass is 9.88. The van der Waals surface area contributed by atoms with Gasteiger partial charge in [-0.05, 0) is 62.5 Å². The molecule has 6 aromatic carbocycles. The Balaban J connectivity index is 1.59. The average molecular weight is 455 g/mol. The van der Waals surface area contributed by atoms with Gasteiger partial charge in [0, 0.05) is 21.4 Å². The van der Waals surface area contributed by atoms with Gasteiger partial charge in [-0.15, -0.1) is 0 Å². The van der Waals surface area contributed by atoms with Crippen molar-refractivity contribution in [3.8, 4) is 22.3 Å². The summed E-state index contributed by atoms with van der Waals surface area (Å²) in [5.41, 5.74) is 6.24. The van der Waals surface area contributed by atoms with Crippen LogP contribution >= 0.6 is 11.6 Å². The zero-order valence-corrected chi connectivity index (χ0v) is 19.0. The van der Waals surface area contributed by atoms with E-state index in [1.165, 1.54) is 27.1 Å². The first-order chi connectivity index (χ1) is 16.8. The molecule has 2 heteroatoms. The Morgan fingerprint density at radius 1 is 0.441 bits per heavy atom. The fourth-order valence-corrected chi connectivity index (χ4v) is 5.38. The van der Waals surface area contributed by atoms with Crippen LogP contribution in [0.1, 0.15) is 0 Å². The zero-order chi connectivity index (χ0) is 22.6. The Hall–Kier alpha value is -4.07. The monoisotopic (exact) mass is 454 g/mol. The topological polar surface area (TPSA) is 13.1 Å². The zero-order valence-electron chi connectivity index (χ0n) is 18.3. The summed E-state index contributed by atoms with van der Waals surface area (Å²) < 4.78 is 6.38. The van der Waals surface area contributed by atoms with Gasteiger partial charge in [0.25, 0.3) is 0 Å². The van der Waals surface area contributed by atoms with Gasteiger partial charge in [0.1, 0.15) is 11.2 Å². The van der Waals surface area contributed by atoms with Crippen LogP contribution in [0.15, 0.2) is 120 Å². The molecule has 0 fully saturated rings. The largest absolute Gasteiger partial charge is 0.455 e. The summed E-state index contributed by atoms with van der Waals surface area (Å²) in [4.78, 5) is 0. The lowest BCUT2D eigenvalue weighted by molar-refractivity contribution is 0.670. The van der Waals surface area contributed by atoms with E-state index >= 15 is 0 Å². The van der Waals surface area contributed by atoms with Crippen LogP contribution in [0.25, 0.3) is 65.7 Å². The molecule has 7 aromatic rings. The Morgan fingerprint density at radius 2 is 1.15 bits per heavy atom. The molecule has 34 heavy (non-hydrogen) atoms. The summed E-state index contributed by atoms with van der Waals surface area (Å²) in [7, 11) is 0. The fourth-order valence-electron chi connectivity index (χ4n) is 5.21. The summed E-state index contributed by atoms with van der Waals surface area (Å²) in [5.74, 6) is 0. The van der Waals surface area contributed by atoms with Crippen molar-refractivity contribution in [2.45, 2.75) is 0 Å². The smallest absolute Gasteiger partial charge is 0.143 e. The van der Waals surface area contributed by atoms with Crippen LogP contribution in [0.2, 0.25) is 5.02 Å². The Bertz CT molecular complexity index is 1880. The van der Waals surface area contributed by atoms with Crippen molar-refractivity contribution < 1.29 is 4.42 Å². The van der Waals surface area contributed by atoms with E-state index in [2.05, 4.69) is 97.1 Å². The lowest BCUT2D eigenvalue weighted by Gasteiger charge is -2.15. The molecule has 0 atom stereocenters. The van der Waals surface area contributed by atoms with Crippen molar-refractivity contribution in [1.82, 2.24) is 0 Å². The van der Waals surface area contributed by atoms with Crippen molar-refractivity contribution in [3.05, 3.63) is 120 Å². The van der Waals surface area contributed by atoms with Crippen LogP contribution < -0.4 is 0 Å². The number of hydrogen-bond donors (Lipinski definition) is 0. The first kappa shape index (κ1) is 19.4. The van der Waals surface area contributed by atoms with Gasteiger partial charge in [0.15, 0.2) is 0 Å². The lowest BCUT2D eigenvalue weighted by Crippen LogP contribution is -1.89. The van der Waals surface area contributed by atoms with Gasteiger partial charge in [0.05, 0.1) is 0 Å². The van der Waals surface area contributed by atoms with Crippen molar-refractivity contribution in [1.29, 1.82) is 0 Å². The summed E-state index contributed by atoms with van der Waals surface area (Å²) >= 11 is 6.58. The molecule has 160 valence electrons. The third kappa shape index (κ3) is 2.88. The number of fused-ring (bicyclic) bond motifs is 6. The maximum Gasteiger partial charge on any atom is 0.143 e. The molecule has 0 N–H and O–H groups in total. The molecule has 1 nitrogen and oxygen atoms in total. The van der Waals surface area contributed by atoms with Gasteiger partial charge in [-0.2, -0.15) is 0 Å². The number of para-hydroxylation sites is 2. The van der Waals surface area contributed by atoms with Crippen LogP contribution in [-0.4, -0.2) is 0 Å². The van der Waals surface area contributed by atoms with Crippen LogP contribution in [0, 0.1) is 0 Å². The highest BCUT2D eigenvalue weighted by Gasteiger charge is 2.17. The quantitative estimate of drug-likeness (QED) is 0.237. The molecule has 0 saturated heterocycles. The van der Waals surface area contributed by atoms with E-state index in [1.807, 2.05) is 18.2 Å². The van der Waals surface area contributed by atoms with E-state index in [0.29, 0.717) is 5.02 Å². The predicted octanol–water partition coefficient (Wildman–Crippen LogP) is 9.88. The minimum atomic E-state index is 0.716. The van der Waals surface area contributed by atoms with Crippen molar-refractivity contribution >= 4 is 55.1 Å². The van der Waals surface area contributed by atoms with Crippen molar-refractivity contribution in [3.63, 3.8) is 0 Å². The van der Waals surface area contributed by atoms with E-state index in [-0.39, 0.29) is 0 Å². The highest BCUT2D eigenvalue weighted by molar-refractivity contribution is 6.31. The molecule has 0 aliphatic heterocycles. The predicted molar refractivity (Wildman–Crippen MR) is 145 cm³/mol. The molecule has 7 rings (SSSR count). The molecule has 0 saturated carbocycles. The van der Waals surface area contributed by atoms with Crippen LogP contribution in [0.5, 0.6) is 0 Å². The molecular formula is C32H19ClO. The Morgan fingerprint density at radius 3 is 2.03 bits per heavy atom. The molecular weight excluding hydrogens is 436 g/mol.